The fourth-order valence-corrected chi connectivity index (χ4v) is 1.36. The summed E-state index contributed by atoms with van der Waals surface area (Å²) in [6.45, 7) is 0.115. The van der Waals surface area contributed by atoms with Crippen LogP contribution in [0.25, 0.3) is 0 Å². The van der Waals surface area contributed by atoms with Crippen molar-refractivity contribution < 1.29 is 22.4 Å². The van der Waals surface area contributed by atoms with Gasteiger partial charge in [-0.05, 0) is 24.6 Å². The lowest BCUT2D eigenvalue weighted by Crippen LogP contribution is -2.22. The first-order valence-electron chi connectivity index (χ1n) is 4.61. The summed E-state index contributed by atoms with van der Waals surface area (Å²) in [6, 6.07) is 2.04. The molecule has 0 aliphatic carbocycles. The molecule has 7 heteroatoms. The Morgan fingerprint density at radius 1 is 1.41 bits per heavy atom. The molecule has 1 rings (SSSR count). The smallest absolute Gasteiger partial charge is 0.376 e. The van der Waals surface area contributed by atoms with Gasteiger partial charge in [-0.1, -0.05) is 0 Å². The van der Waals surface area contributed by atoms with Crippen molar-refractivity contribution in [2.24, 2.45) is 5.73 Å². The van der Waals surface area contributed by atoms with E-state index in [1.165, 1.54) is 13.0 Å². The molecular weight excluding hydrogens is 240 g/mol. The molecule has 1 aromatic rings. The third kappa shape index (κ3) is 3.61. The minimum atomic E-state index is -4.40. The third-order valence-electron chi connectivity index (χ3n) is 2.03. The number of anilines is 1. The first-order valence-corrected chi connectivity index (χ1v) is 4.61. The molecule has 0 aliphatic rings. The van der Waals surface area contributed by atoms with Gasteiger partial charge < -0.3 is 11.1 Å². The van der Waals surface area contributed by atoms with Gasteiger partial charge in [-0.15, -0.1) is 0 Å². The number of carbonyl (C=O) groups excluding carboxylic acids is 1. The molecule has 0 spiro atoms. The standard InChI is InChI=1S/C10H10F4N2O/c1-5-2-6(16-4-10(12,13)14)3-7(11)8(5)9(15)17/h2-3,16H,4H2,1H3,(H2,15,17). The van der Waals surface area contributed by atoms with Crippen LogP contribution >= 0.6 is 0 Å². The summed E-state index contributed by atoms with van der Waals surface area (Å²) >= 11 is 0. The Morgan fingerprint density at radius 2 is 2.00 bits per heavy atom. The molecule has 3 nitrogen and oxygen atoms in total. The van der Waals surface area contributed by atoms with Gasteiger partial charge in [0, 0.05) is 5.69 Å². The predicted octanol–water partition coefficient (Wildman–Crippen LogP) is 2.21. The van der Waals surface area contributed by atoms with Crippen LogP contribution in [0.4, 0.5) is 23.2 Å². The van der Waals surface area contributed by atoms with E-state index in [2.05, 4.69) is 0 Å². The maximum absolute atomic E-state index is 13.4. The number of alkyl halides is 3. The van der Waals surface area contributed by atoms with Gasteiger partial charge in [-0.2, -0.15) is 13.2 Å². The molecule has 0 saturated heterocycles. The zero-order valence-corrected chi connectivity index (χ0v) is 8.86. The molecule has 1 aromatic carbocycles. The Hall–Kier alpha value is -1.79. The second-order valence-corrected chi connectivity index (χ2v) is 3.48. The Labute approximate surface area is 94.6 Å². The van der Waals surface area contributed by atoms with Crippen molar-refractivity contribution in [3.8, 4) is 0 Å². The number of hydrogen-bond acceptors (Lipinski definition) is 2. The van der Waals surface area contributed by atoms with Crippen LogP contribution in [-0.4, -0.2) is 18.6 Å². The number of amides is 1. The van der Waals surface area contributed by atoms with Gasteiger partial charge in [0.15, 0.2) is 0 Å². The summed E-state index contributed by atoms with van der Waals surface area (Å²) in [6.07, 6.45) is -4.40. The quantitative estimate of drug-likeness (QED) is 0.808. The second kappa shape index (κ2) is 4.60. The van der Waals surface area contributed by atoms with Crippen LogP contribution in [0.2, 0.25) is 0 Å². The van der Waals surface area contributed by atoms with E-state index in [1.54, 1.807) is 0 Å². The summed E-state index contributed by atoms with van der Waals surface area (Å²) in [5.74, 6) is -1.90. The monoisotopic (exact) mass is 250 g/mol. The molecule has 0 heterocycles. The molecule has 0 aromatic heterocycles. The number of benzene rings is 1. The van der Waals surface area contributed by atoms with Crippen molar-refractivity contribution in [3.63, 3.8) is 0 Å². The molecular formula is C10H10F4N2O. The Balaban J connectivity index is 2.95. The summed E-state index contributed by atoms with van der Waals surface area (Å²) in [7, 11) is 0. The van der Waals surface area contributed by atoms with E-state index in [4.69, 9.17) is 5.73 Å². The van der Waals surface area contributed by atoms with Crippen molar-refractivity contribution in [1.29, 1.82) is 0 Å². The summed E-state index contributed by atoms with van der Waals surface area (Å²) < 4.78 is 49.1. The van der Waals surface area contributed by atoms with Crippen LogP contribution in [0.5, 0.6) is 0 Å². The van der Waals surface area contributed by atoms with E-state index in [-0.39, 0.29) is 16.8 Å². The Morgan fingerprint density at radius 3 is 2.41 bits per heavy atom. The fourth-order valence-electron chi connectivity index (χ4n) is 1.36. The zero-order valence-electron chi connectivity index (χ0n) is 8.86. The van der Waals surface area contributed by atoms with Crippen molar-refractivity contribution in [2.45, 2.75) is 13.1 Å². The number of aryl methyl sites for hydroxylation is 1. The van der Waals surface area contributed by atoms with Gasteiger partial charge in [-0.25, -0.2) is 4.39 Å². The highest BCUT2D eigenvalue weighted by Gasteiger charge is 2.26. The molecule has 1 amide bonds. The van der Waals surface area contributed by atoms with E-state index in [0.29, 0.717) is 0 Å². The largest absolute Gasteiger partial charge is 0.405 e. The van der Waals surface area contributed by atoms with Gasteiger partial charge in [-0.3, -0.25) is 4.79 Å². The number of primary amides is 1. The van der Waals surface area contributed by atoms with E-state index < -0.39 is 24.4 Å². The maximum Gasteiger partial charge on any atom is 0.405 e. The molecule has 0 fully saturated rings. The summed E-state index contributed by atoms with van der Waals surface area (Å²) in [5.41, 5.74) is 4.74. The summed E-state index contributed by atoms with van der Waals surface area (Å²) in [4.78, 5) is 10.9. The minimum Gasteiger partial charge on any atom is -0.376 e. The van der Waals surface area contributed by atoms with Crippen LogP contribution in [0, 0.1) is 12.7 Å². The van der Waals surface area contributed by atoms with E-state index in [1.807, 2.05) is 5.32 Å². The molecule has 17 heavy (non-hydrogen) atoms. The van der Waals surface area contributed by atoms with Gasteiger partial charge >= 0.3 is 6.18 Å². The van der Waals surface area contributed by atoms with E-state index in [9.17, 15) is 22.4 Å². The molecule has 0 bridgehead atoms. The third-order valence-corrected chi connectivity index (χ3v) is 2.03. The summed E-state index contributed by atoms with van der Waals surface area (Å²) in [5, 5.41) is 2.02. The number of nitrogens with two attached hydrogens (primary N) is 1. The van der Waals surface area contributed by atoms with E-state index in [0.717, 1.165) is 6.07 Å². The van der Waals surface area contributed by atoms with Crippen molar-refractivity contribution in [2.75, 3.05) is 11.9 Å². The second-order valence-electron chi connectivity index (χ2n) is 3.48. The maximum atomic E-state index is 13.4. The average molecular weight is 250 g/mol. The predicted molar refractivity (Wildman–Crippen MR) is 54.2 cm³/mol. The van der Waals surface area contributed by atoms with Crippen molar-refractivity contribution in [1.82, 2.24) is 0 Å². The zero-order chi connectivity index (χ0) is 13.2. The Kier molecular flexibility index (Phi) is 3.59. The lowest BCUT2D eigenvalue weighted by molar-refractivity contribution is -0.115. The lowest BCUT2D eigenvalue weighted by atomic mass is 10.1. The number of nitrogens with one attached hydrogen (secondary N) is 1. The van der Waals surface area contributed by atoms with Crippen LogP contribution in [-0.2, 0) is 0 Å². The molecule has 0 unspecified atom stereocenters. The van der Waals surface area contributed by atoms with Crippen molar-refractivity contribution >= 4 is 11.6 Å². The van der Waals surface area contributed by atoms with Gasteiger partial charge in [0.05, 0.1) is 5.56 Å². The average Bonchev–Trinajstić information content (AvgIpc) is 2.11. The minimum absolute atomic E-state index is 0.0534. The van der Waals surface area contributed by atoms with E-state index >= 15 is 0 Å². The first kappa shape index (κ1) is 13.3. The molecule has 0 aliphatic heterocycles. The van der Waals surface area contributed by atoms with Crippen molar-refractivity contribution in [3.05, 3.63) is 29.1 Å². The van der Waals surface area contributed by atoms with Gasteiger partial charge in [0.2, 0.25) is 0 Å². The molecule has 94 valence electrons. The van der Waals surface area contributed by atoms with Crippen LogP contribution in [0.15, 0.2) is 12.1 Å². The van der Waals surface area contributed by atoms with Crippen LogP contribution in [0.3, 0.4) is 0 Å². The topological polar surface area (TPSA) is 55.1 Å². The van der Waals surface area contributed by atoms with Gasteiger partial charge in [0.25, 0.3) is 5.91 Å². The lowest BCUT2D eigenvalue weighted by Gasteiger charge is -2.12. The highest BCUT2D eigenvalue weighted by Crippen LogP contribution is 2.21. The number of rotatable bonds is 3. The fraction of sp³-hybridized carbons (Fsp3) is 0.300. The highest BCUT2D eigenvalue weighted by molar-refractivity contribution is 5.95. The number of hydrogen-bond donors (Lipinski definition) is 2. The van der Waals surface area contributed by atoms with Gasteiger partial charge in [0.1, 0.15) is 12.4 Å². The van der Waals surface area contributed by atoms with Crippen LogP contribution < -0.4 is 11.1 Å². The molecule has 0 radical (unpaired) electrons. The number of halogens is 4. The normalized spacial score (nSPS) is 11.4. The Bertz CT molecular complexity index is 419. The molecule has 0 saturated carbocycles. The molecule has 3 N–H and O–H groups in total. The van der Waals surface area contributed by atoms with Crippen LogP contribution in [0.1, 0.15) is 15.9 Å². The highest BCUT2D eigenvalue weighted by atomic mass is 19.4. The molecule has 0 atom stereocenters. The number of carbonyl (C=O) groups is 1. The SMILES string of the molecule is Cc1cc(NCC(F)(F)F)cc(F)c1C(N)=O. The first-order chi connectivity index (χ1) is 7.70.